The average molecular weight is 480 g/mol. The number of aromatic nitrogens is 2. The molecule has 2 aromatic carbocycles. The SMILES string of the molecule is CCOc1ccc(-c2nnc(NC(=O)CCS(=O)(=O)c3ccc(Cl)cc3)o2)cc1OCC. The van der Waals surface area contributed by atoms with Crippen molar-refractivity contribution >= 4 is 33.4 Å². The molecule has 0 bridgehead atoms. The smallest absolute Gasteiger partial charge is 0.322 e. The monoisotopic (exact) mass is 479 g/mol. The Labute approximate surface area is 190 Å². The van der Waals surface area contributed by atoms with Gasteiger partial charge in [-0.2, -0.15) is 0 Å². The van der Waals surface area contributed by atoms with E-state index in [0.717, 1.165) is 0 Å². The lowest BCUT2D eigenvalue weighted by molar-refractivity contribution is -0.115. The quantitative estimate of drug-likeness (QED) is 0.463. The van der Waals surface area contributed by atoms with E-state index in [1.165, 1.54) is 24.3 Å². The van der Waals surface area contributed by atoms with Gasteiger partial charge < -0.3 is 13.9 Å². The molecule has 1 heterocycles. The van der Waals surface area contributed by atoms with Crippen molar-refractivity contribution in [2.75, 3.05) is 24.3 Å². The van der Waals surface area contributed by atoms with Crippen LogP contribution in [0.5, 0.6) is 11.5 Å². The lowest BCUT2D eigenvalue weighted by Gasteiger charge is -2.11. The topological polar surface area (TPSA) is 121 Å². The van der Waals surface area contributed by atoms with Gasteiger partial charge in [-0.05, 0) is 56.3 Å². The second kappa shape index (κ2) is 10.5. The molecule has 0 unspecified atom stereocenters. The van der Waals surface area contributed by atoms with Crippen molar-refractivity contribution in [1.82, 2.24) is 10.2 Å². The fourth-order valence-corrected chi connectivity index (χ4v) is 4.11. The third-order valence-corrected chi connectivity index (χ3v) is 6.22. The van der Waals surface area contributed by atoms with Crippen LogP contribution in [0.15, 0.2) is 51.8 Å². The zero-order valence-electron chi connectivity index (χ0n) is 17.5. The van der Waals surface area contributed by atoms with Crippen LogP contribution in [0, 0.1) is 0 Å². The van der Waals surface area contributed by atoms with Crippen molar-refractivity contribution in [3.63, 3.8) is 0 Å². The van der Waals surface area contributed by atoms with Crippen LogP contribution < -0.4 is 14.8 Å². The molecule has 0 atom stereocenters. The first-order valence-corrected chi connectivity index (χ1v) is 11.9. The van der Waals surface area contributed by atoms with E-state index in [-0.39, 0.29) is 29.0 Å². The number of rotatable bonds is 10. The Kier molecular flexibility index (Phi) is 7.70. The number of nitrogens with zero attached hydrogens (tertiary/aromatic N) is 2. The molecule has 0 aliphatic heterocycles. The summed E-state index contributed by atoms with van der Waals surface area (Å²) < 4.78 is 41.3. The second-order valence-electron chi connectivity index (χ2n) is 6.51. The van der Waals surface area contributed by atoms with E-state index in [2.05, 4.69) is 15.5 Å². The molecule has 9 nitrogen and oxygen atoms in total. The lowest BCUT2D eigenvalue weighted by Crippen LogP contribution is -2.17. The number of carbonyl (C=O) groups is 1. The Balaban J connectivity index is 1.64. The summed E-state index contributed by atoms with van der Waals surface area (Å²) in [5, 5.41) is 10.6. The number of nitrogens with one attached hydrogen (secondary N) is 1. The fraction of sp³-hybridized carbons (Fsp3) is 0.286. The average Bonchev–Trinajstić information content (AvgIpc) is 3.23. The van der Waals surface area contributed by atoms with Crippen LogP contribution in [0.1, 0.15) is 20.3 Å². The molecule has 170 valence electrons. The highest BCUT2D eigenvalue weighted by Gasteiger charge is 2.18. The molecule has 0 fully saturated rings. The van der Waals surface area contributed by atoms with Crippen molar-refractivity contribution < 1.29 is 27.1 Å². The highest BCUT2D eigenvalue weighted by Crippen LogP contribution is 2.32. The number of hydrogen-bond donors (Lipinski definition) is 1. The maximum atomic E-state index is 12.4. The predicted octanol–water partition coefficient (Wildman–Crippen LogP) is 3.99. The number of sulfone groups is 1. The highest BCUT2D eigenvalue weighted by atomic mass is 35.5. The van der Waals surface area contributed by atoms with E-state index in [1.807, 2.05) is 13.8 Å². The number of halogens is 1. The van der Waals surface area contributed by atoms with E-state index in [9.17, 15) is 13.2 Å². The first-order valence-electron chi connectivity index (χ1n) is 9.84. The maximum absolute atomic E-state index is 12.4. The van der Waals surface area contributed by atoms with Gasteiger partial charge in [0.15, 0.2) is 21.3 Å². The van der Waals surface area contributed by atoms with Gasteiger partial charge in [-0.15, -0.1) is 5.10 Å². The van der Waals surface area contributed by atoms with Gasteiger partial charge >= 0.3 is 6.01 Å². The zero-order chi connectivity index (χ0) is 23.1. The summed E-state index contributed by atoms with van der Waals surface area (Å²) in [6.07, 6.45) is -0.278. The Morgan fingerprint density at radius 1 is 1.03 bits per heavy atom. The van der Waals surface area contributed by atoms with Gasteiger partial charge in [0, 0.05) is 17.0 Å². The Morgan fingerprint density at radius 2 is 1.72 bits per heavy atom. The van der Waals surface area contributed by atoms with Crippen molar-refractivity contribution in [3.05, 3.63) is 47.5 Å². The molecule has 0 aliphatic carbocycles. The van der Waals surface area contributed by atoms with Gasteiger partial charge in [0.25, 0.3) is 0 Å². The Bertz CT molecular complexity index is 1180. The summed E-state index contributed by atoms with van der Waals surface area (Å²) in [7, 11) is -3.63. The third-order valence-electron chi connectivity index (χ3n) is 4.23. The molecule has 11 heteroatoms. The van der Waals surface area contributed by atoms with Gasteiger partial charge in [-0.25, -0.2) is 8.42 Å². The summed E-state index contributed by atoms with van der Waals surface area (Å²) in [5.41, 5.74) is 0.579. The second-order valence-corrected chi connectivity index (χ2v) is 9.06. The van der Waals surface area contributed by atoms with E-state index >= 15 is 0 Å². The minimum Gasteiger partial charge on any atom is -0.490 e. The van der Waals surface area contributed by atoms with Gasteiger partial charge in [0.2, 0.25) is 11.8 Å². The van der Waals surface area contributed by atoms with Crippen molar-refractivity contribution in [2.45, 2.75) is 25.2 Å². The van der Waals surface area contributed by atoms with Gasteiger partial charge in [0.05, 0.1) is 23.9 Å². The molecule has 0 spiro atoms. The molecule has 0 radical (unpaired) electrons. The number of anilines is 1. The standard InChI is InChI=1S/C21H22ClN3O6S/c1-3-29-17-10-5-14(13-18(17)30-4-2)20-24-25-21(31-20)23-19(26)11-12-32(27,28)16-8-6-15(22)7-9-16/h5-10,13H,3-4,11-12H2,1-2H3,(H,23,25,26). The van der Waals surface area contributed by atoms with Gasteiger partial charge in [0.1, 0.15) is 0 Å². The summed E-state index contributed by atoms with van der Waals surface area (Å²) in [5.74, 6) is 0.339. The van der Waals surface area contributed by atoms with Crippen LogP contribution in [0.3, 0.4) is 0 Å². The molecule has 32 heavy (non-hydrogen) atoms. The first-order chi connectivity index (χ1) is 15.3. The first kappa shape index (κ1) is 23.6. The summed E-state index contributed by atoms with van der Waals surface area (Å²) in [4.78, 5) is 12.3. The Hall–Kier alpha value is -3.11. The minimum atomic E-state index is -3.63. The summed E-state index contributed by atoms with van der Waals surface area (Å²) in [6.45, 7) is 4.67. The van der Waals surface area contributed by atoms with E-state index in [1.54, 1.807) is 18.2 Å². The van der Waals surface area contributed by atoms with Crippen molar-refractivity contribution in [2.24, 2.45) is 0 Å². The molecule has 1 N–H and O–H groups in total. The van der Waals surface area contributed by atoms with Crippen LogP contribution in [-0.4, -0.2) is 43.5 Å². The molecular weight excluding hydrogens is 458 g/mol. The minimum absolute atomic E-state index is 0.0929. The number of amides is 1. The van der Waals surface area contributed by atoms with Crippen LogP contribution in [-0.2, 0) is 14.6 Å². The van der Waals surface area contributed by atoms with Crippen LogP contribution >= 0.6 is 11.6 Å². The predicted molar refractivity (Wildman–Crippen MR) is 119 cm³/mol. The lowest BCUT2D eigenvalue weighted by atomic mass is 10.2. The molecule has 0 saturated heterocycles. The number of hydrogen-bond acceptors (Lipinski definition) is 8. The summed E-state index contributed by atoms with van der Waals surface area (Å²) >= 11 is 5.78. The molecule has 0 aliphatic rings. The molecule has 1 aromatic heterocycles. The normalized spacial score (nSPS) is 11.2. The molecular formula is C21H22ClN3O6S. The van der Waals surface area contributed by atoms with Crippen LogP contribution in [0.25, 0.3) is 11.5 Å². The Morgan fingerprint density at radius 3 is 2.41 bits per heavy atom. The molecule has 3 aromatic rings. The van der Waals surface area contributed by atoms with E-state index in [0.29, 0.717) is 35.3 Å². The molecule has 3 rings (SSSR count). The number of benzene rings is 2. The largest absolute Gasteiger partial charge is 0.490 e. The van der Waals surface area contributed by atoms with Crippen molar-refractivity contribution in [1.29, 1.82) is 0 Å². The van der Waals surface area contributed by atoms with E-state index < -0.39 is 15.7 Å². The number of ether oxygens (including phenoxy) is 2. The molecule has 1 amide bonds. The van der Waals surface area contributed by atoms with Gasteiger partial charge in [-0.3, -0.25) is 10.1 Å². The van der Waals surface area contributed by atoms with E-state index in [4.69, 9.17) is 25.5 Å². The van der Waals surface area contributed by atoms with Crippen LogP contribution in [0.4, 0.5) is 6.01 Å². The highest BCUT2D eigenvalue weighted by molar-refractivity contribution is 7.91. The van der Waals surface area contributed by atoms with Crippen LogP contribution in [0.2, 0.25) is 5.02 Å². The molecule has 0 saturated carbocycles. The summed E-state index contributed by atoms with van der Waals surface area (Å²) in [6, 6.07) is 10.8. The van der Waals surface area contributed by atoms with Crippen molar-refractivity contribution in [3.8, 4) is 23.0 Å². The van der Waals surface area contributed by atoms with Gasteiger partial charge in [-0.1, -0.05) is 16.7 Å². The fourth-order valence-electron chi connectivity index (χ4n) is 2.74. The zero-order valence-corrected chi connectivity index (χ0v) is 19.1. The third kappa shape index (κ3) is 5.98. The maximum Gasteiger partial charge on any atom is 0.322 e. The number of carbonyl (C=O) groups excluding carboxylic acids is 1.